The second kappa shape index (κ2) is 26.1. The Bertz CT molecular complexity index is 2760. The van der Waals surface area contributed by atoms with Gasteiger partial charge in [0.2, 0.25) is 0 Å². The van der Waals surface area contributed by atoms with Gasteiger partial charge in [-0.3, -0.25) is 4.90 Å². The van der Waals surface area contributed by atoms with Gasteiger partial charge >= 0.3 is 0 Å². The standard InChI is InChI=1S/C73H77NO2/c1-71(56-75,64(48-44-58-26-10-3-11-27-58)49-45-59-28-12-4-13-29-59)69-42-24-34-62(52-69)54-74(73(66-36-18-7-19-37-66,67-38-20-8-21-39-67)68-40-22-9-23-41-68)55-63-35-25-43-70(53-63)72(2,57-76)65(50-46-60-30-14-5-15-31-60)51-47-61-32-16-6-17-33-61/h3-43,52-53,64-65,75-76H,44-51,54-57H2,1-2H3. The van der Waals surface area contributed by atoms with Gasteiger partial charge in [0.15, 0.2) is 0 Å². The van der Waals surface area contributed by atoms with E-state index in [9.17, 15) is 10.2 Å². The molecule has 2 atom stereocenters. The topological polar surface area (TPSA) is 43.7 Å². The highest BCUT2D eigenvalue weighted by molar-refractivity contribution is 5.50. The fraction of sp³-hybridized carbons (Fsp3) is 0.260. The molecule has 0 saturated carbocycles. The molecule has 0 bridgehead atoms. The molecule has 386 valence electrons. The second-order valence-corrected chi connectivity index (χ2v) is 21.7. The Balaban J connectivity index is 1.14. The molecular formula is C73H77NO2. The van der Waals surface area contributed by atoms with E-state index in [1.807, 2.05) is 0 Å². The number of aryl methyl sites for hydroxylation is 4. The molecule has 0 saturated heterocycles. The lowest BCUT2D eigenvalue weighted by Crippen LogP contribution is -2.47. The molecule has 9 rings (SSSR count). The first-order valence-corrected chi connectivity index (χ1v) is 27.8. The summed E-state index contributed by atoms with van der Waals surface area (Å²) in [5, 5.41) is 23.5. The predicted molar refractivity (Wildman–Crippen MR) is 316 cm³/mol. The number of hydrogen-bond acceptors (Lipinski definition) is 3. The number of aliphatic hydroxyl groups excluding tert-OH is 2. The summed E-state index contributed by atoms with van der Waals surface area (Å²) in [5.41, 5.74) is 11.9. The first kappa shape index (κ1) is 53.7. The Morgan fingerprint density at radius 2 is 0.539 bits per heavy atom. The van der Waals surface area contributed by atoms with Gasteiger partial charge in [0.1, 0.15) is 0 Å². The molecule has 0 radical (unpaired) electrons. The van der Waals surface area contributed by atoms with Crippen LogP contribution < -0.4 is 0 Å². The van der Waals surface area contributed by atoms with Gasteiger partial charge in [-0.05, 0) is 124 Å². The van der Waals surface area contributed by atoms with Crippen LogP contribution in [0.5, 0.6) is 0 Å². The normalized spacial score (nSPS) is 13.4. The molecule has 0 aliphatic rings. The maximum atomic E-state index is 11.8. The van der Waals surface area contributed by atoms with E-state index in [-0.39, 0.29) is 25.0 Å². The minimum absolute atomic E-state index is 0.0461. The summed E-state index contributed by atoms with van der Waals surface area (Å²) in [7, 11) is 0. The van der Waals surface area contributed by atoms with E-state index in [1.165, 1.54) is 61.2 Å². The van der Waals surface area contributed by atoms with Crippen molar-refractivity contribution in [1.82, 2.24) is 4.90 Å². The van der Waals surface area contributed by atoms with Crippen LogP contribution >= 0.6 is 0 Å². The molecular weight excluding hydrogens is 923 g/mol. The molecule has 0 heterocycles. The maximum absolute atomic E-state index is 11.8. The Morgan fingerprint density at radius 1 is 0.303 bits per heavy atom. The highest BCUT2D eigenvalue weighted by Crippen LogP contribution is 2.46. The Morgan fingerprint density at radius 3 is 0.803 bits per heavy atom. The minimum Gasteiger partial charge on any atom is -0.395 e. The number of nitrogens with zero attached hydrogens (tertiary/aromatic N) is 1. The van der Waals surface area contributed by atoms with Gasteiger partial charge in [-0.25, -0.2) is 0 Å². The van der Waals surface area contributed by atoms with Crippen molar-refractivity contribution in [3.63, 3.8) is 0 Å². The summed E-state index contributed by atoms with van der Waals surface area (Å²) in [4.78, 5) is 2.68. The van der Waals surface area contributed by atoms with Gasteiger partial charge in [-0.2, -0.15) is 0 Å². The molecule has 3 heteroatoms. The highest BCUT2D eigenvalue weighted by Gasteiger charge is 2.43. The molecule has 9 aromatic carbocycles. The average molecular weight is 1000 g/mol. The van der Waals surface area contributed by atoms with Crippen molar-refractivity contribution < 1.29 is 10.2 Å². The van der Waals surface area contributed by atoms with Gasteiger partial charge < -0.3 is 10.2 Å². The molecule has 3 nitrogen and oxygen atoms in total. The van der Waals surface area contributed by atoms with E-state index in [1.54, 1.807) is 0 Å². The van der Waals surface area contributed by atoms with Crippen LogP contribution in [0.1, 0.15) is 101 Å². The monoisotopic (exact) mass is 1000 g/mol. The van der Waals surface area contributed by atoms with E-state index in [0.29, 0.717) is 13.1 Å². The summed E-state index contributed by atoms with van der Waals surface area (Å²) >= 11 is 0. The van der Waals surface area contributed by atoms with Crippen LogP contribution in [0.25, 0.3) is 0 Å². The third-order valence-corrected chi connectivity index (χ3v) is 16.9. The van der Waals surface area contributed by atoms with Crippen molar-refractivity contribution in [3.8, 4) is 0 Å². The van der Waals surface area contributed by atoms with Crippen molar-refractivity contribution in [2.75, 3.05) is 13.2 Å². The van der Waals surface area contributed by atoms with Crippen LogP contribution in [0.3, 0.4) is 0 Å². The molecule has 0 spiro atoms. The third-order valence-electron chi connectivity index (χ3n) is 16.9. The van der Waals surface area contributed by atoms with Crippen molar-refractivity contribution in [2.24, 2.45) is 11.8 Å². The van der Waals surface area contributed by atoms with Gasteiger partial charge in [-0.1, -0.05) is 275 Å². The zero-order valence-electron chi connectivity index (χ0n) is 44.8. The quantitative estimate of drug-likeness (QED) is 0.0531. The summed E-state index contributed by atoms with van der Waals surface area (Å²) in [6.45, 7) is 5.91. The fourth-order valence-electron chi connectivity index (χ4n) is 12.3. The number of aliphatic hydroxyl groups is 2. The zero-order chi connectivity index (χ0) is 52.5. The molecule has 0 aromatic heterocycles. The molecule has 9 aromatic rings. The average Bonchev–Trinajstić information content (AvgIpc) is 3.56. The molecule has 2 N–H and O–H groups in total. The third kappa shape index (κ3) is 12.7. The van der Waals surface area contributed by atoms with Crippen molar-refractivity contribution in [3.05, 3.63) is 322 Å². The SMILES string of the molecule is CC(CO)(c1cccc(CN(Cc2cccc(C(C)(CO)C(CCc3ccccc3)CCc3ccccc3)c2)C(c2ccccc2)(c2ccccc2)c2ccccc2)c1)C(CCc1ccccc1)CCc1ccccc1. The predicted octanol–water partition coefficient (Wildman–Crippen LogP) is 15.9. The first-order valence-electron chi connectivity index (χ1n) is 27.8. The van der Waals surface area contributed by atoms with E-state index in [4.69, 9.17) is 0 Å². The summed E-state index contributed by atoms with van der Waals surface area (Å²) in [6.07, 6.45) is 7.66. The van der Waals surface area contributed by atoms with Crippen LogP contribution in [0.15, 0.2) is 261 Å². The molecule has 0 amide bonds. The van der Waals surface area contributed by atoms with Crippen molar-refractivity contribution in [2.45, 2.75) is 94.7 Å². The van der Waals surface area contributed by atoms with E-state index in [2.05, 4.69) is 280 Å². The lowest BCUT2D eigenvalue weighted by Gasteiger charge is -2.46. The number of hydrogen-bond donors (Lipinski definition) is 2. The molecule has 0 aliphatic carbocycles. The first-order chi connectivity index (χ1) is 37.3. The molecule has 0 fully saturated rings. The minimum atomic E-state index is -0.724. The maximum Gasteiger partial charge on any atom is 0.0978 e. The van der Waals surface area contributed by atoms with Crippen LogP contribution in [-0.4, -0.2) is 28.3 Å². The van der Waals surface area contributed by atoms with Crippen LogP contribution in [0, 0.1) is 11.8 Å². The second-order valence-electron chi connectivity index (χ2n) is 21.7. The lowest BCUT2D eigenvalue weighted by atomic mass is 9.68. The largest absolute Gasteiger partial charge is 0.395 e. The Labute approximate surface area is 454 Å². The number of benzene rings is 9. The Hall–Kier alpha value is -7.14. The van der Waals surface area contributed by atoms with E-state index in [0.717, 1.165) is 51.4 Å². The van der Waals surface area contributed by atoms with Crippen LogP contribution in [0.4, 0.5) is 0 Å². The van der Waals surface area contributed by atoms with Gasteiger partial charge in [0.25, 0.3) is 0 Å². The number of rotatable bonds is 26. The van der Waals surface area contributed by atoms with Gasteiger partial charge in [0, 0.05) is 23.9 Å². The summed E-state index contributed by atoms with van der Waals surface area (Å²) < 4.78 is 0. The van der Waals surface area contributed by atoms with E-state index >= 15 is 0 Å². The molecule has 0 aliphatic heterocycles. The fourth-order valence-corrected chi connectivity index (χ4v) is 12.3. The summed E-state index contributed by atoms with van der Waals surface area (Å²) in [6, 6.07) is 94.7. The smallest absolute Gasteiger partial charge is 0.0978 e. The molecule has 2 unspecified atom stereocenters. The highest BCUT2D eigenvalue weighted by atomic mass is 16.3. The van der Waals surface area contributed by atoms with Gasteiger partial charge in [0.05, 0.1) is 18.8 Å². The lowest BCUT2D eigenvalue weighted by molar-refractivity contribution is 0.132. The van der Waals surface area contributed by atoms with Crippen molar-refractivity contribution in [1.29, 1.82) is 0 Å². The molecule has 76 heavy (non-hydrogen) atoms. The zero-order valence-corrected chi connectivity index (χ0v) is 44.8. The van der Waals surface area contributed by atoms with Crippen molar-refractivity contribution >= 4 is 0 Å². The summed E-state index contributed by atoms with van der Waals surface area (Å²) in [5.74, 6) is 0.434. The van der Waals surface area contributed by atoms with Crippen LogP contribution in [0.2, 0.25) is 0 Å². The van der Waals surface area contributed by atoms with E-state index < -0.39 is 16.4 Å². The Kier molecular flexibility index (Phi) is 18.4. The van der Waals surface area contributed by atoms with Crippen LogP contribution in [-0.2, 0) is 55.1 Å². The van der Waals surface area contributed by atoms with Gasteiger partial charge in [-0.15, -0.1) is 0 Å².